The number of hydrogen-bond donors (Lipinski definition) is 2. The van der Waals surface area contributed by atoms with Gasteiger partial charge >= 0.3 is 0 Å². The number of aromatic nitrogens is 3. The van der Waals surface area contributed by atoms with Gasteiger partial charge in [-0.1, -0.05) is 47.2 Å². The van der Waals surface area contributed by atoms with Gasteiger partial charge in [0, 0.05) is 22.6 Å². The van der Waals surface area contributed by atoms with Crippen LogP contribution in [-0.4, -0.2) is 31.7 Å². The maximum Gasteiger partial charge on any atom is 0.237 e. The van der Waals surface area contributed by atoms with Crippen molar-refractivity contribution in [2.75, 3.05) is 10.6 Å². The van der Waals surface area contributed by atoms with Crippen LogP contribution >= 0.6 is 11.8 Å². The normalized spacial score (nSPS) is 11.7. The van der Waals surface area contributed by atoms with Crippen molar-refractivity contribution in [1.82, 2.24) is 14.8 Å². The van der Waals surface area contributed by atoms with E-state index in [1.54, 1.807) is 24.3 Å². The van der Waals surface area contributed by atoms with Crippen molar-refractivity contribution >= 4 is 34.8 Å². The Labute approximate surface area is 215 Å². The molecule has 0 saturated carbocycles. The highest BCUT2D eigenvalue weighted by molar-refractivity contribution is 8.00. The lowest BCUT2D eigenvalue weighted by molar-refractivity contribution is -0.115. The monoisotopic (exact) mass is 499 g/mol. The van der Waals surface area contributed by atoms with Gasteiger partial charge in [-0.15, -0.1) is 10.2 Å². The maximum atomic E-state index is 12.9. The van der Waals surface area contributed by atoms with E-state index in [9.17, 15) is 9.59 Å². The summed E-state index contributed by atoms with van der Waals surface area (Å²) in [5.41, 5.74) is 5.53. The average Bonchev–Trinajstić information content (AvgIpc) is 3.26. The number of carbonyl (C=O) groups excluding carboxylic acids is 2. The standard InChI is InChI=1S/C28H29N5O2S/c1-18-5-11-23(12-6-18)29-17-26-31-32-28(33(26)25-15-7-19(2)8-16-25)36-21(4)27(35)30-24-13-9-22(10-14-24)20(3)34/h5-16,21,29H,17H2,1-4H3,(H,30,35)/t21-/m0/s1. The van der Waals surface area contributed by atoms with Gasteiger partial charge in [-0.25, -0.2) is 0 Å². The molecule has 0 bridgehead atoms. The molecule has 4 rings (SSSR count). The van der Waals surface area contributed by atoms with Crippen molar-refractivity contribution in [3.8, 4) is 5.69 Å². The highest BCUT2D eigenvalue weighted by Crippen LogP contribution is 2.27. The fourth-order valence-electron chi connectivity index (χ4n) is 3.54. The molecular weight excluding hydrogens is 470 g/mol. The third kappa shape index (κ3) is 6.20. The summed E-state index contributed by atoms with van der Waals surface area (Å²) >= 11 is 1.34. The zero-order chi connectivity index (χ0) is 25.7. The van der Waals surface area contributed by atoms with Crippen LogP contribution in [0.5, 0.6) is 0 Å². The molecule has 0 spiro atoms. The van der Waals surface area contributed by atoms with Crippen molar-refractivity contribution in [2.45, 2.75) is 44.6 Å². The molecule has 0 radical (unpaired) electrons. The SMILES string of the molecule is CC(=O)c1ccc(NC(=O)[C@H](C)Sc2nnc(CNc3ccc(C)cc3)n2-c2ccc(C)cc2)cc1. The van der Waals surface area contributed by atoms with E-state index in [4.69, 9.17) is 0 Å². The fourth-order valence-corrected chi connectivity index (χ4v) is 4.43. The Balaban J connectivity index is 1.52. The lowest BCUT2D eigenvalue weighted by Crippen LogP contribution is -2.23. The second kappa shape index (κ2) is 11.2. The van der Waals surface area contributed by atoms with Crippen LogP contribution in [0.3, 0.4) is 0 Å². The quantitative estimate of drug-likeness (QED) is 0.223. The number of benzene rings is 3. The molecule has 1 amide bonds. The molecule has 0 unspecified atom stereocenters. The van der Waals surface area contributed by atoms with Gasteiger partial charge in [-0.3, -0.25) is 14.2 Å². The summed E-state index contributed by atoms with van der Waals surface area (Å²) in [6, 6.07) is 23.2. The number of Topliss-reactive ketones (excluding diaryl/α,β-unsaturated/α-hetero) is 1. The Morgan fingerprint density at radius 2 is 1.44 bits per heavy atom. The van der Waals surface area contributed by atoms with Crippen LogP contribution in [0.2, 0.25) is 0 Å². The van der Waals surface area contributed by atoms with Crippen molar-refractivity contribution in [2.24, 2.45) is 0 Å². The maximum absolute atomic E-state index is 12.9. The Morgan fingerprint density at radius 1 is 0.861 bits per heavy atom. The number of thioether (sulfide) groups is 1. The van der Waals surface area contributed by atoms with Crippen LogP contribution in [0.25, 0.3) is 5.69 Å². The topological polar surface area (TPSA) is 88.9 Å². The first-order valence-corrected chi connectivity index (χ1v) is 12.6. The number of amides is 1. The summed E-state index contributed by atoms with van der Waals surface area (Å²) < 4.78 is 1.98. The minimum Gasteiger partial charge on any atom is -0.378 e. The zero-order valence-electron chi connectivity index (χ0n) is 20.8. The summed E-state index contributed by atoms with van der Waals surface area (Å²) in [4.78, 5) is 24.4. The number of rotatable bonds is 9. The molecule has 0 saturated heterocycles. The summed E-state index contributed by atoms with van der Waals surface area (Å²) in [7, 11) is 0. The largest absolute Gasteiger partial charge is 0.378 e. The van der Waals surface area contributed by atoms with Gasteiger partial charge in [0.15, 0.2) is 16.8 Å². The molecule has 2 N–H and O–H groups in total. The van der Waals surface area contributed by atoms with E-state index in [2.05, 4.69) is 39.9 Å². The molecule has 1 atom stereocenters. The van der Waals surface area contributed by atoms with E-state index >= 15 is 0 Å². The van der Waals surface area contributed by atoms with Gasteiger partial charge in [0.2, 0.25) is 5.91 Å². The van der Waals surface area contributed by atoms with Gasteiger partial charge in [-0.2, -0.15) is 0 Å². The number of nitrogens with zero attached hydrogens (tertiary/aromatic N) is 3. The Bertz CT molecular complexity index is 1350. The van der Waals surface area contributed by atoms with Crippen LogP contribution < -0.4 is 10.6 Å². The molecule has 1 heterocycles. The molecule has 0 aliphatic rings. The number of ketones is 1. The van der Waals surface area contributed by atoms with Crippen LogP contribution in [0.15, 0.2) is 78.0 Å². The van der Waals surface area contributed by atoms with E-state index in [1.165, 1.54) is 24.2 Å². The predicted molar refractivity (Wildman–Crippen MR) is 145 cm³/mol. The predicted octanol–water partition coefficient (Wildman–Crippen LogP) is 5.82. The van der Waals surface area contributed by atoms with Crippen molar-refractivity contribution in [1.29, 1.82) is 0 Å². The van der Waals surface area contributed by atoms with E-state index in [1.807, 2.05) is 54.8 Å². The molecule has 1 aromatic heterocycles. The summed E-state index contributed by atoms with van der Waals surface area (Å²) in [6.07, 6.45) is 0. The minimum absolute atomic E-state index is 0.0140. The first-order valence-electron chi connectivity index (χ1n) is 11.7. The molecule has 7 nitrogen and oxygen atoms in total. The van der Waals surface area contributed by atoms with Crippen molar-refractivity contribution in [3.05, 3.63) is 95.3 Å². The fraction of sp³-hybridized carbons (Fsp3) is 0.214. The van der Waals surface area contributed by atoms with Gasteiger partial charge in [0.25, 0.3) is 0 Å². The molecule has 8 heteroatoms. The second-order valence-corrected chi connectivity index (χ2v) is 9.98. The summed E-state index contributed by atoms with van der Waals surface area (Å²) in [5.74, 6) is 0.572. The lowest BCUT2D eigenvalue weighted by Gasteiger charge is -2.15. The Hall–Kier alpha value is -3.91. The summed E-state index contributed by atoms with van der Waals surface area (Å²) in [6.45, 7) is 7.93. The first-order chi connectivity index (χ1) is 17.3. The van der Waals surface area contributed by atoms with Crippen LogP contribution in [-0.2, 0) is 11.3 Å². The average molecular weight is 500 g/mol. The van der Waals surface area contributed by atoms with Crippen LogP contribution in [0.1, 0.15) is 41.2 Å². The van der Waals surface area contributed by atoms with Gasteiger partial charge in [0.05, 0.1) is 11.8 Å². The number of anilines is 2. The minimum atomic E-state index is -0.427. The molecular formula is C28H29N5O2S. The lowest BCUT2D eigenvalue weighted by atomic mass is 10.1. The van der Waals surface area contributed by atoms with Gasteiger partial charge in [-0.05, 0) is 76.2 Å². The highest BCUT2D eigenvalue weighted by atomic mass is 32.2. The second-order valence-electron chi connectivity index (χ2n) is 8.67. The van der Waals surface area contributed by atoms with Crippen LogP contribution in [0.4, 0.5) is 11.4 Å². The first kappa shape index (κ1) is 25.2. The molecule has 0 aliphatic carbocycles. The highest BCUT2D eigenvalue weighted by Gasteiger charge is 2.21. The molecule has 184 valence electrons. The number of aryl methyl sites for hydroxylation is 2. The van der Waals surface area contributed by atoms with Crippen LogP contribution in [0, 0.1) is 13.8 Å². The number of hydrogen-bond acceptors (Lipinski definition) is 6. The summed E-state index contributed by atoms with van der Waals surface area (Å²) in [5, 5.41) is 15.4. The molecule has 0 aliphatic heterocycles. The van der Waals surface area contributed by atoms with E-state index in [0.29, 0.717) is 23.0 Å². The van der Waals surface area contributed by atoms with Crippen molar-refractivity contribution < 1.29 is 9.59 Å². The molecule has 4 aromatic rings. The molecule has 36 heavy (non-hydrogen) atoms. The van der Waals surface area contributed by atoms with Gasteiger partial charge < -0.3 is 10.6 Å². The third-order valence-electron chi connectivity index (χ3n) is 5.71. The smallest absolute Gasteiger partial charge is 0.237 e. The number of nitrogens with one attached hydrogen (secondary N) is 2. The zero-order valence-corrected chi connectivity index (χ0v) is 21.6. The molecule has 0 fully saturated rings. The van der Waals surface area contributed by atoms with E-state index < -0.39 is 5.25 Å². The Kier molecular flexibility index (Phi) is 7.85. The number of carbonyl (C=O) groups is 2. The van der Waals surface area contributed by atoms with E-state index in [-0.39, 0.29) is 11.7 Å². The third-order valence-corrected chi connectivity index (χ3v) is 6.75. The Morgan fingerprint density at radius 3 is 2.06 bits per heavy atom. The van der Waals surface area contributed by atoms with Crippen molar-refractivity contribution in [3.63, 3.8) is 0 Å². The van der Waals surface area contributed by atoms with E-state index in [0.717, 1.165) is 22.8 Å². The molecule has 3 aromatic carbocycles. The van der Waals surface area contributed by atoms with Gasteiger partial charge in [0.1, 0.15) is 0 Å².